The third kappa shape index (κ3) is 4.11. The van der Waals surface area contributed by atoms with Crippen LogP contribution in [0.5, 0.6) is 0 Å². The highest BCUT2D eigenvalue weighted by Crippen LogP contribution is 2.37. The second-order valence-corrected chi connectivity index (χ2v) is 8.86. The molecule has 168 valence electrons. The molecule has 2 unspecified atom stereocenters. The molecule has 32 heavy (non-hydrogen) atoms. The van der Waals surface area contributed by atoms with E-state index in [0.29, 0.717) is 24.3 Å². The Hall–Kier alpha value is -2.86. The predicted octanol–water partition coefficient (Wildman–Crippen LogP) is 5.03. The summed E-state index contributed by atoms with van der Waals surface area (Å²) in [6, 6.07) is 11.0. The van der Waals surface area contributed by atoms with Crippen LogP contribution in [0.3, 0.4) is 0 Å². The van der Waals surface area contributed by atoms with Crippen molar-refractivity contribution in [3.05, 3.63) is 70.1 Å². The fraction of sp³-hybridized carbons (Fsp3) is 0.360. The van der Waals surface area contributed by atoms with Crippen LogP contribution in [0.25, 0.3) is 10.9 Å². The smallest absolute Gasteiger partial charge is 0.326 e. The average Bonchev–Trinajstić information content (AvgIpc) is 3.08. The number of aromatic nitrogens is 1. The van der Waals surface area contributed by atoms with Crippen LogP contribution in [0.15, 0.2) is 42.5 Å². The summed E-state index contributed by atoms with van der Waals surface area (Å²) in [4.78, 5) is 26.6. The molecular formula is C25H26ClFN2O3. The van der Waals surface area contributed by atoms with Crippen LogP contribution in [0.1, 0.15) is 42.6 Å². The lowest BCUT2D eigenvalue weighted by atomic mass is 9.90. The zero-order valence-electron chi connectivity index (χ0n) is 18.1. The van der Waals surface area contributed by atoms with E-state index in [1.54, 1.807) is 30.1 Å². The topological polar surface area (TPSA) is 62.5 Å². The Balaban J connectivity index is 1.65. The first kappa shape index (κ1) is 22.3. The van der Waals surface area contributed by atoms with Crippen molar-refractivity contribution >= 4 is 34.4 Å². The van der Waals surface area contributed by atoms with E-state index in [9.17, 15) is 19.1 Å². The maximum absolute atomic E-state index is 14.1. The Labute approximate surface area is 191 Å². The predicted molar refractivity (Wildman–Crippen MR) is 123 cm³/mol. The Kier molecular flexibility index (Phi) is 6.24. The number of nitrogens with zero attached hydrogens (tertiary/aromatic N) is 2. The number of carboxylic acid groups (broad SMARTS) is 1. The van der Waals surface area contributed by atoms with E-state index in [4.69, 9.17) is 11.6 Å². The number of carbonyl (C=O) groups excluding carboxylic acids is 1. The van der Waals surface area contributed by atoms with Crippen molar-refractivity contribution < 1.29 is 19.1 Å². The molecule has 2 atom stereocenters. The molecule has 0 spiro atoms. The van der Waals surface area contributed by atoms with Crippen molar-refractivity contribution in [2.24, 2.45) is 0 Å². The van der Waals surface area contributed by atoms with E-state index in [-0.39, 0.29) is 24.2 Å². The number of amides is 1. The van der Waals surface area contributed by atoms with E-state index >= 15 is 0 Å². The molecule has 0 fully saturated rings. The molecule has 5 nitrogen and oxygen atoms in total. The molecule has 1 aliphatic carbocycles. The first-order valence-electron chi connectivity index (χ1n) is 10.8. The molecule has 1 aliphatic rings. The molecule has 1 aromatic heterocycles. The van der Waals surface area contributed by atoms with Gasteiger partial charge in [0.05, 0.1) is 6.42 Å². The highest BCUT2D eigenvalue weighted by molar-refractivity contribution is 6.30. The van der Waals surface area contributed by atoms with Crippen molar-refractivity contribution in [3.63, 3.8) is 0 Å². The first-order valence-corrected chi connectivity index (χ1v) is 11.2. The van der Waals surface area contributed by atoms with Gasteiger partial charge in [-0.25, -0.2) is 9.18 Å². The number of halogens is 2. The molecule has 1 heterocycles. The van der Waals surface area contributed by atoms with E-state index < -0.39 is 12.0 Å². The lowest BCUT2D eigenvalue weighted by Gasteiger charge is -2.32. The first-order chi connectivity index (χ1) is 15.3. The highest BCUT2D eigenvalue weighted by Gasteiger charge is 2.32. The van der Waals surface area contributed by atoms with Gasteiger partial charge in [-0.2, -0.15) is 0 Å². The van der Waals surface area contributed by atoms with Crippen molar-refractivity contribution in [1.82, 2.24) is 9.47 Å². The van der Waals surface area contributed by atoms with E-state index in [1.165, 1.54) is 12.1 Å². The van der Waals surface area contributed by atoms with Crippen LogP contribution in [-0.2, 0) is 28.9 Å². The molecule has 2 aromatic carbocycles. The Morgan fingerprint density at radius 2 is 1.97 bits per heavy atom. The summed E-state index contributed by atoms with van der Waals surface area (Å²) < 4.78 is 16.0. The fourth-order valence-electron chi connectivity index (χ4n) is 4.81. The Morgan fingerprint density at radius 1 is 1.25 bits per heavy atom. The maximum atomic E-state index is 14.1. The van der Waals surface area contributed by atoms with Gasteiger partial charge < -0.3 is 14.6 Å². The normalized spacial score (nSPS) is 16.6. The van der Waals surface area contributed by atoms with Crippen LogP contribution in [0.2, 0.25) is 5.02 Å². The number of hydrogen-bond donors (Lipinski definition) is 1. The average molecular weight is 457 g/mol. The van der Waals surface area contributed by atoms with Crippen molar-refractivity contribution in [2.45, 2.75) is 51.1 Å². The van der Waals surface area contributed by atoms with Gasteiger partial charge in [0.15, 0.2) is 0 Å². The number of fused-ring (bicyclic) bond motifs is 3. The van der Waals surface area contributed by atoms with Crippen LogP contribution in [0.4, 0.5) is 4.39 Å². The van der Waals surface area contributed by atoms with Gasteiger partial charge in [0, 0.05) is 34.7 Å². The standard InChI is InChI=1S/C25H26ClFN2O3/c1-3-21(25(31)32)29-22-10-8-17(27)13-19(22)20-14-18(9-11-23(20)29)28(2)24(30)12-15-4-6-16(26)7-5-15/h4-8,10,13,18,21H,3,9,11-12,14H2,1-2H3,(H,31,32). The van der Waals surface area contributed by atoms with Crippen molar-refractivity contribution in [1.29, 1.82) is 0 Å². The van der Waals surface area contributed by atoms with E-state index in [0.717, 1.165) is 34.1 Å². The van der Waals surface area contributed by atoms with E-state index in [2.05, 4.69) is 0 Å². The largest absolute Gasteiger partial charge is 0.480 e. The number of carboxylic acids is 1. The van der Waals surface area contributed by atoms with Crippen LogP contribution in [0, 0.1) is 5.82 Å². The zero-order valence-corrected chi connectivity index (χ0v) is 18.9. The van der Waals surface area contributed by atoms with Gasteiger partial charge in [-0.1, -0.05) is 30.7 Å². The summed E-state index contributed by atoms with van der Waals surface area (Å²) >= 11 is 5.93. The van der Waals surface area contributed by atoms with Gasteiger partial charge in [-0.3, -0.25) is 4.79 Å². The number of hydrogen-bond acceptors (Lipinski definition) is 2. The second-order valence-electron chi connectivity index (χ2n) is 8.42. The van der Waals surface area contributed by atoms with Crippen LogP contribution >= 0.6 is 11.6 Å². The summed E-state index contributed by atoms with van der Waals surface area (Å²) in [5.41, 5.74) is 3.52. The summed E-state index contributed by atoms with van der Waals surface area (Å²) in [5, 5.41) is 11.1. The van der Waals surface area contributed by atoms with Crippen LogP contribution < -0.4 is 0 Å². The Morgan fingerprint density at radius 3 is 2.62 bits per heavy atom. The quantitative estimate of drug-likeness (QED) is 0.566. The molecule has 0 bridgehead atoms. The van der Waals surface area contributed by atoms with Gasteiger partial charge in [0.2, 0.25) is 5.91 Å². The molecule has 0 radical (unpaired) electrons. The molecule has 1 N–H and O–H groups in total. The molecule has 1 amide bonds. The number of aliphatic carboxylic acids is 1. The minimum absolute atomic E-state index is 0.00709. The van der Waals surface area contributed by atoms with E-state index in [1.807, 2.05) is 23.6 Å². The highest BCUT2D eigenvalue weighted by atomic mass is 35.5. The molecule has 4 rings (SSSR count). The summed E-state index contributed by atoms with van der Waals surface area (Å²) in [5.74, 6) is -1.24. The summed E-state index contributed by atoms with van der Waals surface area (Å²) in [7, 11) is 1.81. The third-order valence-electron chi connectivity index (χ3n) is 6.53. The molecule has 0 saturated heterocycles. The van der Waals surface area contributed by atoms with Gasteiger partial charge in [0.25, 0.3) is 0 Å². The molecular weight excluding hydrogens is 431 g/mol. The maximum Gasteiger partial charge on any atom is 0.326 e. The number of benzene rings is 2. The molecule has 7 heteroatoms. The lowest BCUT2D eigenvalue weighted by molar-refractivity contribution is -0.141. The monoisotopic (exact) mass is 456 g/mol. The lowest BCUT2D eigenvalue weighted by Crippen LogP contribution is -2.41. The minimum Gasteiger partial charge on any atom is -0.480 e. The Bertz CT molecular complexity index is 1170. The number of rotatable bonds is 6. The number of carbonyl (C=O) groups is 2. The van der Waals surface area contributed by atoms with Crippen LogP contribution in [-0.4, -0.2) is 39.5 Å². The molecule has 3 aromatic rings. The van der Waals surface area contributed by atoms with Gasteiger partial charge >= 0.3 is 5.97 Å². The van der Waals surface area contributed by atoms with Gasteiger partial charge in [-0.05, 0) is 67.1 Å². The van der Waals surface area contributed by atoms with Gasteiger partial charge in [0.1, 0.15) is 11.9 Å². The number of likely N-dealkylation sites (N-methyl/N-ethyl adjacent to an activating group) is 1. The van der Waals surface area contributed by atoms with Crippen molar-refractivity contribution in [3.8, 4) is 0 Å². The SMILES string of the molecule is CCC(C(=O)O)n1c2c(c3cc(F)ccc31)CC(N(C)C(=O)Cc1ccc(Cl)cc1)CC2. The third-order valence-corrected chi connectivity index (χ3v) is 6.78. The molecule has 0 aliphatic heterocycles. The summed E-state index contributed by atoms with van der Waals surface area (Å²) in [6.45, 7) is 1.84. The summed E-state index contributed by atoms with van der Waals surface area (Å²) in [6.07, 6.45) is 2.65. The van der Waals surface area contributed by atoms with Gasteiger partial charge in [-0.15, -0.1) is 0 Å². The fourth-order valence-corrected chi connectivity index (χ4v) is 4.93. The minimum atomic E-state index is -0.895. The zero-order chi connectivity index (χ0) is 23.0. The molecule has 0 saturated carbocycles. The second kappa shape index (κ2) is 8.94. The van der Waals surface area contributed by atoms with Crippen molar-refractivity contribution in [2.75, 3.05) is 7.05 Å².